The number of carboxylic acid groups (broad SMARTS) is 1. The molecule has 0 aromatic carbocycles. The molecule has 0 aromatic rings. The van der Waals surface area contributed by atoms with Crippen molar-refractivity contribution in [3.05, 3.63) is 0 Å². The minimum Gasteiger partial charge on any atom is -0.481 e. The van der Waals surface area contributed by atoms with Crippen LogP contribution in [0.3, 0.4) is 0 Å². The van der Waals surface area contributed by atoms with Gasteiger partial charge in [0.25, 0.3) is 0 Å². The third kappa shape index (κ3) is 13.4. The molecule has 1 N–H and O–H groups in total. The smallest absolute Gasteiger partial charge is 0.303 e. The zero-order chi connectivity index (χ0) is 13.1. The molecule has 102 valence electrons. The van der Waals surface area contributed by atoms with Crippen molar-refractivity contribution in [2.24, 2.45) is 11.8 Å². The van der Waals surface area contributed by atoms with Gasteiger partial charge in [-0.25, -0.2) is 0 Å². The number of carbonyl (C=O) groups is 1. The summed E-state index contributed by atoms with van der Waals surface area (Å²) in [6, 6.07) is 0. The Labute approximate surface area is 107 Å². The molecule has 0 radical (unpaired) electrons. The molecule has 1 atom stereocenters. The molecular formula is C15H30O2. The van der Waals surface area contributed by atoms with Gasteiger partial charge >= 0.3 is 5.97 Å². The second-order valence-corrected chi connectivity index (χ2v) is 5.78. The van der Waals surface area contributed by atoms with Crippen LogP contribution >= 0.6 is 0 Å². The Morgan fingerprint density at radius 2 is 1.41 bits per heavy atom. The molecule has 0 rings (SSSR count). The van der Waals surface area contributed by atoms with E-state index in [0.717, 1.165) is 12.3 Å². The van der Waals surface area contributed by atoms with Crippen molar-refractivity contribution in [1.82, 2.24) is 0 Å². The van der Waals surface area contributed by atoms with Crippen molar-refractivity contribution in [3.8, 4) is 0 Å². The summed E-state index contributed by atoms with van der Waals surface area (Å²) < 4.78 is 0. The first-order valence-electron chi connectivity index (χ1n) is 7.24. The van der Waals surface area contributed by atoms with Gasteiger partial charge in [0.05, 0.1) is 0 Å². The van der Waals surface area contributed by atoms with Crippen LogP contribution in [-0.4, -0.2) is 11.1 Å². The van der Waals surface area contributed by atoms with E-state index in [0.29, 0.717) is 12.3 Å². The highest BCUT2D eigenvalue weighted by atomic mass is 16.4. The SMILES string of the molecule is CC(C)CCCCCCCC(C)CCC(=O)O. The highest BCUT2D eigenvalue weighted by Crippen LogP contribution is 2.16. The molecule has 0 amide bonds. The topological polar surface area (TPSA) is 37.3 Å². The number of rotatable bonds is 11. The molecule has 0 saturated heterocycles. The number of carboxylic acids is 1. The van der Waals surface area contributed by atoms with Crippen molar-refractivity contribution >= 4 is 5.97 Å². The Hall–Kier alpha value is -0.530. The molecule has 0 bridgehead atoms. The Bertz CT molecular complexity index is 187. The maximum atomic E-state index is 10.4. The van der Waals surface area contributed by atoms with Crippen molar-refractivity contribution in [3.63, 3.8) is 0 Å². The summed E-state index contributed by atoms with van der Waals surface area (Å²) in [7, 11) is 0. The van der Waals surface area contributed by atoms with Crippen LogP contribution in [0.2, 0.25) is 0 Å². The van der Waals surface area contributed by atoms with E-state index in [2.05, 4.69) is 20.8 Å². The molecule has 2 nitrogen and oxygen atoms in total. The fourth-order valence-electron chi connectivity index (χ4n) is 2.09. The van der Waals surface area contributed by atoms with E-state index in [1.807, 2.05) is 0 Å². The predicted molar refractivity (Wildman–Crippen MR) is 73.2 cm³/mol. The largest absolute Gasteiger partial charge is 0.481 e. The summed E-state index contributed by atoms with van der Waals surface area (Å²) >= 11 is 0. The zero-order valence-electron chi connectivity index (χ0n) is 11.9. The van der Waals surface area contributed by atoms with Gasteiger partial charge in [-0.2, -0.15) is 0 Å². The van der Waals surface area contributed by atoms with Gasteiger partial charge in [-0.1, -0.05) is 65.7 Å². The third-order valence-corrected chi connectivity index (χ3v) is 3.33. The number of hydrogen-bond donors (Lipinski definition) is 1. The van der Waals surface area contributed by atoms with Gasteiger partial charge in [0, 0.05) is 6.42 Å². The Morgan fingerprint density at radius 3 is 1.94 bits per heavy atom. The van der Waals surface area contributed by atoms with Gasteiger partial charge in [-0.15, -0.1) is 0 Å². The number of aliphatic carboxylic acids is 1. The number of hydrogen-bond acceptors (Lipinski definition) is 1. The lowest BCUT2D eigenvalue weighted by Gasteiger charge is -2.09. The van der Waals surface area contributed by atoms with E-state index in [1.54, 1.807) is 0 Å². The minimum absolute atomic E-state index is 0.329. The molecule has 0 heterocycles. The fourth-order valence-corrected chi connectivity index (χ4v) is 2.09. The third-order valence-electron chi connectivity index (χ3n) is 3.33. The first-order chi connectivity index (χ1) is 8.02. The van der Waals surface area contributed by atoms with Crippen LogP contribution in [0.5, 0.6) is 0 Å². The molecule has 0 aromatic heterocycles. The van der Waals surface area contributed by atoms with E-state index < -0.39 is 5.97 Å². The summed E-state index contributed by atoms with van der Waals surface area (Å²) in [6.07, 6.45) is 10.4. The molecule has 17 heavy (non-hydrogen) atoms. The van der Waals surface area contributed by atoms with Crippen molar-refractivity contribution in [1.29, 1.82) is 0 Å². The Morgan fingerprint density at radius 1 is 0.882 bits per heavy atom. The van der Waals surface area contributed by atoms with Crippen LogP contribution in [0.1, 0.15) is 78.6 Å². The predicted octanol–water partition coefficient (Wildman–Crippen LogP) is 4.87. The summed E-state index contributed by atoms with van der Waals surface area (Å²) in [5.74, 6) is 0.748. The van der Waals surface area contributed by atoms with Crippen LogP contribution in [0.4, 0.5) is 0 Å². The van der Waals surface area contributed by atoms with Crippen molar-refractivity contribution < 1.29 is 9.90 Å². The molecule has 0 saturated carbocycles. The van der Waals surface area contributed by atoms with E-state index in [1.165, 1.54) is 44.9 Å². The normalized spacial score (nSPS) is 12.9. The fraction of sp³-hybridized carbons (Fsp3) is 0.933. The summed E-state index contributed by atoms with van der Waals surface area (Å²) in [4.78, 5) is 10.4. The minimum atomic E-state index is -0.662. The molecule has 0 aliphatic rings. The van der Waals surface area contributed by atoms with E-state index in [4.69, 9.17) is 5.11 Å². The standard InChI is InChI=1S/C15H30O2/c1-13(2)9-7-5-4-6-8-10-14(3)11-12-15(16)17/h13-14H,4-12H2,1-3H3,(H,16,17). The molecule has 0 spiro atoms. The van der Waals surface area contributed by atoms with Gasteiger partial charge in [0.2, 0.25) is 0 Å². The summed E-state index contributed by atoms with van der Waals surface area (Å²) in [5, 5.41) is 8.58. The zero-order valence-corrected chi connectivity index (χ0v) is 11.9. The van der Waals surface area contributed by atoms with Crippen molar-refractivity contribution in [2.75, 3.05) is 0 Å². The Balaban J connectivity index is 3.19. The lowest BCUT2D eigenvalue weighted by Crippen LogP contribution is -2.01. The van der Waals surface area contributed by atoms with E-state index in [-0.39, 0.29) is 0 Å². The highest BCUT2D eigenvalue weighted by Gasteiger charge is 2.05. The van der Waals surface area contributed by atoms with E-state index in [9.17, 15) is 4.79 Å². The lowest BCUT2D eigenvalue weighted by atomic mass is 9.97. The quantitative estimate of drug-likeness (QED) is 0.525. The monoisotopic (exact) mass is 242 g/mol. The van der Waals surface area contributed by atoms with E-state index >= 15 is 0 Å². The first-order valence-corrected chi connectivity index (χ1v) is 7.24. The van der Waals surface area contributed by atoms with Crippen LogP contribution in [0.15, 0.2) is 0 Å². The maximum absolute atomic E-state index is 10.4. The van der Waals surface area contributed by atoms with Gasteiger partial charge in [-0.05, 0) is 18.3 Å². The second-order valence-electron chi connectivity index (χ2n) is 5.78. The number of unbranched alkanes of at least 4 members (excludes halogenated alkanes) is 4. The Kier molecular flexibility index (Phi) is 10.3. The molecule has 1 unspecified atom stereocenters. The van der Waals surface area contributed by atoms with Crippen LogP contribution in [0.25, 0.3) is 0 Å². The van der Waals surface area contributed by atoms with Gasteiger partial charge in [0.1, 0.15) is 0 Å². The molecule has 0 aliphatic heterocycles. The lowest BCUT2D eigenvalue weighted by molar-refractivity contribution is -0.137. The summed E-state index contributed by atoms with van der Waals surface area (Å²) in [5.41, 5.74) is 0. The van der Waals surface area contributed by atoms with Crippen molar-refractivity contribution in [2.45, 2.75) is 78.6 Å². The van der Waals surface area contributed by atoms with Crippen LogP contribution in [0, 0.1) is 11.8 Å². The molecule has 0 fully saturated rings. The second kappa shape index (κ2) is 10.6. The van der Waals surface area contributed by atoms with Gasteiger partial charge in [0.15, 0.2) is 0 Å². The average Bonchev–Trinajstić information content (AvgIpc) is 2.24. The average molecular weight is 242 g/mol. The summed E-state index contributed by atoms with van der Waals surface area (Å²) in [6.45, 7) is 6.73. The van der Waals surface area contributed by atoms with Gasteiger partial charge < -0.3 is 5.11 Å². The molecule has 2 heteroatoms. The first kappa shape index (κ1) is 16.5. The highest BCUT2D eigenvalue weighted by molar-refractivity contribution is 5.66. The van der Waals surface area contributed by atoms with Gasteiger partial charge in [-0.3, -0.25) is 4.79 Å². The molecule has 0 aliphatic carbocycles. The van der Waals surface area contributed by atoms with Crippen LogP contribution < -0.4 is 0 Å². The maximum Gasteiger partial charge on any atom is 0.303 e. The van der Waals surface area contributed by atoms with Crippen LogP contribution in [-0.2, 0) is 4.79 Å². The molecular weight excluding hydrogens is 212 g/mol.